The molecule has 3 rings (SSSR count). The minimum Gasteiger partial charge on any atom is -0.496 e. The Kier molecular flexibility index (Phi) is 5.09. The summed E-state index contributed by atoms with van der Waals surface area (Å²) in [6.45, 7) is -0.172. The van der Waals surface area contributed by atoms with E-state index in [1.165, 1.54) is 30.9 Å². The van der Waals surface area contributed by atoms with Gasteiger partial charge >= 0.3 is 5.97 Å². The van der Waals surface area contributed by atoms with Gasteiger partial charge in [0.2, 0.25) is 0 Å². The fourth-order valence-corrected chi connectivity index (χ4v) is 2.62. The molecule has 0 N–H and O–H groups in total. The topological polar surface area (TPSA) is 79.1 Å². The van der Waals surface area contributed by atoms with Crippen LogP contribution in [-0.4, -0.2) is 29.6 Å². The first-order chi connectivity index (χ1) is 12.5. The van der Waals surface area contributed by atoms with Gasteiger partial charge in [0.05, 0.1) is 24.9 Å². The molecule has 0 bridgehead atoms. The summed E-state index contributed by atoms with van der Waals surface area (Å²) in [5, 5.41) is 0.420. The highest BCUT2D eigenvalue weighted by atomic mass is 35.5. The van der Waals surface area contributed by atoms with Crippen molar-refractivity contribution in [1.82, 2.24) is 9.38 Å². The lowest BCUT2D eigenvalue weighted by molar-refractivity contribution is 0.0460. The van der Waals surface area contributed by atoms with Gasteiger partial charge < -0.3 is 14.2 Å². The van der Waals surface area contributed by atoms with E-state index < -0.39 is 5.97 Å². The summed E-state index contributed by atoms with van der Waals surface area (Å²) < 4.78 is 17.0. The van der Waals surface area contributed by atoms with E-state index in [1.54, 1.807) is 30.3 Å². The van der Waals surface area contributed by atoms with Gasteiger partial charge in [-0.3, -0.25) is 9.20 Å². The van der Waals surface area contributed by atoms with Crippen LogP contribution in [0.1, 0.15) is 16.1 Å². The number of nitrogens with zero attached hydrogens (tertiary/aromatic N) is 2. The van der Waals surface area contributed by atoms with Crippen LogP contribution in [0.2, 0.25) is 5.02 Å². The van der Waals surface area contributed by atoms with E-state index in [1.807, 2.05) is 0 Å². The van der Waals surface area contributed by atoms with E-state index in [2.05, 4.69) is 4.98 Å². The normalized spacial score (nSPS) is 10.6. The Morgan fingerprint density at radius 2 is 1.85 bits per heavy atom. The van der Waals surface area contributed by atoms with E-state index in [4.69, 9.17) is 25.8 Å². The number of benzene rings is 1. The molecule has 8 heteroatoms. The van der Waals surface area contributed by atoms with Gasteiger partial charge in [-0.2, -0.15) is 0 Å². The summed E-state index contributed by atoms with van der Waals surface area (Å²) in [5.41, 5.74) is 0.572. The molecule has 0 aliphatic carbocycles. The molecule has 0 unspecified atom stereocenters. The van der Waals surface area contributed by atoms with Crippen molar-refractivity contribution in [1.29, 1.82) is 0 Å². The van der Waals surface area contributed by atoms with E-state index in [0.717, 1.165) is 0 Å². The van der Waals surface area contributed by atoms with Gasteiger partial charge in [-0.15, -0.1) is 0 Å². The second-order valence-electron chi connectivity index (χ2n) is 5.27. The molecular weight excluding hydrogens is 360 g/mol. The molecule has 1 aromatic carbocycles. The third kappa shape index (κ3) is 3.48. The summed E-state index contributed by atoms with van der Waals surface area (Å²) in [6, 6.07) is 9.48. The maximum Gasteiger partial charge on any atom is 0.346 e. The van der Waals surface area contributed by atoms with Crippen LogP contribution in [0.4, 0.5) is 0 Å². The maximum absolute atomic E-state index is 12.5. The molecular formula is C18H15ClN2O5. The maximum atomic E-state index is 12.5. The van der Waals surface area contributed by atoms with Crippen LogP contribution in [0.5, 0.6) is 11.5 Å². The average Bonchev–Trinajstić information content (AvgIpc) is 2.65. The molecule has 0 amide bonds. The number of halogens is 1. The van der Waals surface area contributed by atoms with Gasteiger partial charge in [0.15, 0.2) is 0 Å². The molecule has 0 spiro atoms. The molecule has 2 aromatic heterocycles. The van der Waals surface area contributed by atoms with E-state index >= 15 is 0 Å². The van der Waals surface area contributed by atoms with Crippen LogP contribution in [0.25, 0.3) is 5.65 Å². The average molecular weight is 375 g/mol. The largest absolute Gasteiger partial charge is 0.496 e. The van der Waals surface area contributed by atoms with Crippen LogP contribution in [0, 0.1) is 0 Å². The fourth-order valence-electron chi connectivity index (χ4n) is 2.46. The Labute approximate surface area is 153 Å². The summed E-state index contributed by atoms with van der Waals surface area (Å²) in [4.78, 5) is 28.9. The first-order valence-electron chi connectivity index (χ1n) is 7.59. The molecule has 0 saturated carbocycles. The zero-order valence-electron chi connectivity index (χ0n) is 14.1. The Morgan fingerprint density at radius 3 is 2.50 bits per heavy atom. The van der Waals surface area contributed by atoms with Crippen molar-refractivity contribution >= 4 is 23.2 Å². The molecule has 0 fully saturated rings. The number of pyridine rings is 1. The summed E-state index contributed by atoms with van der Waals surface area (Å²) in [7, 11) is 2.89. The number of carbonyl (C=O) groups is 1. The minimum atomic E-state index is -0.641. The molecule has 0 radical (unpaired) electrons. The highest BCUT2D eigenvalue weighted by Gasteiger charge is 2.20. The van der Waals surface area contributed by atoms with Crippen molar-refractivity contribution in [3.8, 4) is 11.5 Å². The first-order valence-corrected chi connectivity index (χ1v) is 7.97. The van der Waals surface area contributed by atoms with Gasteiger partial charge in [-0.25, -0.2) is 9.78 Å². The Morgan fingerprint density at radius 1 is 1.15 bits per heavy atom. The number of esters is 1. The van der Waals surface area contributed by atoms with Crippen LogP contribution >= 0.6 is 11.6 Å². The summed E-state index contributed by atoms with van der Waals surface area (Å²) in [6.07, 6.45) is 1.47. The molecule has 3 aromatic rings. The predicted octanol–water partition coefficient (Wildman–Crippen LogP) is 2.72. The van der Waals surface area contributed by atoms with E-state index in [0.29, 0.717) is 27.9 Å². The molecule has 7 nitrogen and oxygen atoms in total. The van der Waals surface area contributed by atoms with Crippen molar-refractivity contribution in [3.05, 3.63) is 69.2 Å². The summed E-state index contributed by atoms with van der Waals surface area (Å²) in [5.74, 6) is 0.0171. The number of aromatic nitrogens is 2. The number of rotatable bonds is 5. The number of methoxy groups -OCH3 is 2. The number of carbonyl (C=O) groups excluding carboxylic acids is 1. The molecule has 0 saturated heterocycles. The molecule has 2 heterocycles. The lowest BCUT2D eigenvalue weighted by atomic mass is 10.2. The van der Waals surface area contributed by atoms with E-state index in [9.17, 15) is 9.59 Å². The van der Waals surface area contributed by atoms with Gasteiger partial charge in [0.25, 0.3) is 5.56 Å². The number of fused-ring (bicyclic) bond motifs is 1. The lowest BCUT2D eigenvalue weighted by Gasteiger charge is -2.12. The smallest absolute Gasteiger partial charge is 0.346 e. The molecule has 0 atom stereocenters. The minimum absolute atomic E-state index is 0.168. The summed E-state index contributed by atoms with van der Waals surface area (Å²) >= 11 is 5.88. The van der Waals surface area contributed by atoms with Crippen molar-refractivity contribution in [2.24, 2.45) is 0 Å². The van der Waals surface area contributed by atoms with Crippen molar-refractivity contribution in [2.75, 3.05) is 14.2 Å². The third-order valence-corrected chi connectivity index (χ3v) is 3.88. The zero-order chi connectivity index (χ0) is 18.7. The van der Waals surface area contributed by atoms with Crippen LogP contribution in [-0.2, 0) is 11.3 Å². The Hall–Kier alpha value is -3.06. The number of hydrogen-bond donors (Lipinski definition) is 0. The van der Waals surface area contributed by atoms with Gasteiger partial charge in [-0.05, 0) is 24.3 Å². The van der Waals surface area contributed by atoms with E-state index in [-0.39, 0.29) is 17.7 Å². The first kappa shape index (κ1) is 17.8. The molecule has 0 aliphatic rings. The highest BCUT2D eigenvalue weighted by Crippen LogP contribution is 2.29. The Bertz CT molecular complexity index is 1010. The monoisotopic (exact) mass is 374 g/mol. The van der Waals surface area contributed by atoms with Crippen LogP contribution < -0.4 is 15.0 Å². The van der Waals surface area contributed by atoms with Crippen molar-refractivity contribution in [3.63, 3.8) is 0 Å². The highest BCUT2D eigenvalue weighted by molar-refractivity contribution is 6.30. The molecule has 134 valence electrons. The van der Waals surface area contributed by atoms with Crippen molar-refractivity contribution < 1.29 is 19.0 Å². The molecule has 26 heavy (non-hydrogen) atoms. The van der Waals surface area contributed by atoms with Gasteiger partial charge in [0, 0.05) is 12.3 Å². The van der Waals surface area contributed by atoms with Crippen LogP contribution in [0.3, 0.4) is 0 Å². The number of hydrogen-bond acceptors (Lipinski definition) is 6. The third-order valence-electron chi connectivity index (χ3n) is 3.66. The zero-order valence-corrected chi connectivity index (χ0v) is 14.8. The predicted molar refractivity (Wildman–Crippen MR) is 95.1 cm³/mol. The second-order valence-corrected chi connectivity index (χ2v) is 5.71. The quantitative estimate of drug-likeness (QED) is 0.639. The number of ether oxygens (including phenoxy) is 3. The lowest BCUT2D eigenvalue weighted by Crippen LogP contribution is -2.17. The SMILES string of the molecule is COc1cccc(OC)c1C(=O)OCc1cc(=O)n2cc(Cl)ccc2n1. The van der Waals surface area contributed by atoms with Gasteiger partial charge in [-0.1, -0.05) is 17.7 Å². The standard InChI is InChI=1S/C18H15ClN2O5/c1-24-13-4-3-5-14(25-2)17(13)18(23)26-10-12-8-16(22)21-9-11(19)6-7-15(21)20-12/h3-9H,10H2,1-2H3. The fraction of sp³-hybridized carbons (Fsp3) is 0.167. The molecule has 0 aliphatic heterocycles. The van der Waals surface area contributed by atoms with Crippen LogP contribution in [0.15, 0.2) is 47.4 Å². The van der Waals surface area contributed by atoms with Gasteiger partial charge in [0.1, 0.15) is 29.3 Å². The second kappa shape index (κ2) is 7.45. The van der Waals surface area contributed by atoms with Crippen molar-refractivity contribution in [2.45, 2.75) is 6.61 Å². The Balaban J connectivity index is 1.86.